The summed E-state index contributed by atoms with van der Waals surface area (Å²) in [6.45, 7) is 0.707. The number of hydrogen-bond acceptors (Lipinski definition) is 4. The predicted octanol–water partition coefficient (Wildman–Crippen LogP) is 4.60. The summed E-state index contributed by atoms with van der Waals surface area (Å²) in [7, 11) is 0. The van der Waals surface area contributed by atoms with Gasteiger partial charge in [-0.2, -0.15) is 11.3 Å². The number of benzene rings is 1. The summed E-state index contributed by atoms with van der Waals surface area (Å²) < 4.78 is 1.06. The Morgan fingerprint density at radius 2 is 2.04 bits per heavy atom. The van der Waals surface area contributed by atoms with E-state index >= 15 is 0 Å². The number of amides is 1. The second kappa shape index (κ2) is 6.06. The van der Waals surface area contributed by atoms with Gasteiger partial charge >= 0.3 is 0 Å². The molecule has 1 aliphatic rings. The highest BCUT2D eigenvalue weighted by molar-refractivity contribution is 7.20. The van der Waals surface area contributed by atoms with Crippen molar-refractivity contribution in [1.82, 2.24) is 10.3 Å². The molecular formula is C18H18N2OS2. The summed E-state index contributed by atoms with van der Waals surface area (Å²) in [4.78, 5) is 17.0. The first-order valence-corrected chi connectivity index (χ1v) is 9.69. The van der Waals surface area contributed by atoms with Gasteiger partial charge in [0, 0.05) is 12.0 Å². The summed E-state index contributed by atoms with van der Waals surface area (Å²) >= 11 is 3.20. The zero-order valence-corrected chi connectivity index (χ0v) is 14.4. The van der Waals surface area contributed by atoms with Crippen LogP contribution in [-0.2, 0) is 5.41 Å². The van der Waals surface area contributed by atoms with Crippen molar-refractivity contribution in [1.29, 1.82) is 0 Å². The summed E-state index contributed by atoms with van der Waals surface area (Å²) in [5, 5.41) is 8.07. The van der Waals surface area contributed by atoms with E-state index in [9.17, 15) is 4.79 Å². The molecule has 1 fully saturated rings. The van der Waals surface area contributed by atoms with E-state index in [0.29, 0.717) is 11.6 Å². The van der Waals surface area contributed by atoms with Crippen LogP contribution in [0.15, 0.2) is 41.1 Å². The smallest absolute Gasteiger partial charge is 0.280 e. The molecule has 1 N–H and O–H groups in total. The van der Waals surface area contributed by atoms with Crippen molar-refractivity contribution in [3.63, 3.8) is 0 Å². The molecule has 0 spiro atoms. The molecule has 0 aliphatic heterocycles. The van der Waals surface area contributed by atoms with Crippen LogP contribution in [0.4, 0.5) is 0 Å². The number of para-hydroxylation sites is 1. The summed E-state index contributed by atoms with van der Waals surface area (Å²) in [6, 6.07) is 10.1. The van der Waals surface area contributed by atoms with Gasteiger partial charge in [-0.3, -0.25) is 4.79 Å². The van der Waals surface area contributed by atoms with Gasteiger partial charge in [0.15, 0.2) is 5.01 Å². The van der Waals surface area contributed by atoms with E-state index in [1.54, 1.807) is 11.3 Å². The minimum atomic E-state index is -0.0484. The number of rotatable bonds is 4. The number of fused-ring (bicyclic) bond motifs is 1. The second-order valence-electron chi connectivity index (χ2n) is 6.17. The standard InChI is InChI=1S/C18H18N2OS2/c21-16(17-20-14-5-1-2-6-15(14)23-17)19-12-18(8-3-4-9-18)13-7-10-22-11-13/h1-2,5-7,10-11H,3-4,8-9,12H2,(H,19,21). The third-order valence-corrected chi connectivity index (χ3v) is 6.49. The molecule has 2 heterocycles. The lowest BCUT2D eigenvalue weighted by Gasteiger charge is -2.28. The van der Waals surface area contributed by atoms with E-state index in [1.807, 2.05) is 24.3 Å². The fourth-order valence-electron chi connectivity index (χ4n) is 3.48. The van der Waals surface area contributed by atoms with E-state index in [4.69, 9.17) is 0 Å². The van der Waals surface area contributed by atoms with Gasteiger partial charge in [-0.15, -0.1) is 11.3 Å². The van der Waals surface area contributed by atoms with Gasteiger partial charge in [0.25, 0.3) is 5.91 Å². The first kappa shape index (κ1) is 14.8. The quantitative estimate of drug-likeness (QED) is 0.753. The van der Waals surface area contributed by atoms with Crippen LogP contribution in [0, 0.1) is 0 Å². The highest BCUT2D eigenvalue weighted by Gasteiger charge is 2.36. The van der Waals surface area contributed by atoms with Crippen LogP contribution in [-0.4, -0.2) is 17.4 Å². The van der Waals surface area contributed by atoms with Crippen LogP contribution in [0.3, 0.4) is 0 Å². The maximum Gasteiger partial charge on any atom is 0.280 e. The lowest BCUT2D eigenvalue weighted by Crippen LogP contribution is -2.38. The number of aromatic nitrogens is 1. The molecule has 0 unspecified atom stereocenters. The van der Waals surface area contributed by atoms with Gasteiger partial charge < -0.3 is 5.32 Å². The van der Waals surface area contributed by atoms with Gasteiger partial charge in [0.2, 0.25) is 0 Å². The molecule has 2 aromatic heterocycles. The van der Waals surface area contributed by atoms with Crippen LogP contribution in [0.2, 0.25) is 0 Å². The van der Waals surface area contributed by atoms with Gasteiger partial charge in [-0.05, 0) is 47.4 Å². The molecule has 3 aromatic rings. The van der Waals surface area contributed by atoms with Crippen molar-refractivity contribution in [2.24, 2.45) is 0 Å². The van der Waals surface area contributed by atoms with Crippen molar-refractivity contribution < 1.29 is 4.79 Å². The molecule has 0 saturated heterocycles. The predicted molar refractivity (Wildman–Crippen MR) is 96.4 cm³/mol. The average molecular weight is 342 g/mol. The maximum absolute atomic E-state index is 12.5. The minimum absolute atomic E-state index is 0.0484. The topological polar surface area (TPSA) is 42.0 Å². The maximum atomic E-state index is 12.5. The SMILES string of the molecule is O=C(NCC1(c2ccsc2)CCCC1)c1nc2ccccc2s1. The summed E-state index contributed by atoms with van der Waals surface area (Å²) in [5.74, 6) is -0.0484. The van der Waals surface area contributed by atoms with Crippen LogP contribution in [0.25, 0.3) is 10.2 Å². The van der Waals surface area contributed by atoms with Crippen LogP contribution < -0.4 is 5.32 Å². The largest absolute Gasteiger partial charge is 0.349 e. The highest BCUT2D eigenvalue weighted by atomic mass is 32.1. The molecule has 0 radical (unpaired) electrons. The van der Waals surface area contributed by atoms with Crippen LogP contribution in [0.1, 0.15) is 41.0 Å². The number of thiazole rings is 1. The number of thiophene rings is 1. The Morgan fingerprint density at radius 1 is 1.22 bits per heavy atom. The molecule has 1 aromatic carbocycles. The number of carbonyl (C=O) groups excluding carboxylic acids is 1. The Bertz CT molecular complexity index is 784. The lowest BCUT2D eigenvalue weighted by molar-refractivity contribution is 0.0943. The third-order valence-electron chi connectivity index (χ3n) is 4.77. The van der Waals surface area contributed by atoms with Gasteiger partial charge in [-0.1, -0.05) is 25.0 Å². The molecular weight excluding hydrogens is 324 g/mol. The molecule has 0 atom stereocenters. The number of carbonyl (C=O) groups is 1. The normalized spacial score (nSPS) is 16.7. The van der Waals surface area contributed by atoms with Crippen molar-refractivity contribution in [2.75, 3.05) is 6.54 Å². The first-order chi connectivity index (χ1) is 11.3. The Hall–Kier alpha value is -1.72. The molecule has 3 nitrogen and oxygen atoms in total. The minimum Gasteiger partial charge on any atom is -0.349 e. The van der Waals surface area contributed by atoms with E-state index in [2.05, 4.69) is 27.1 Å². The molecule has 1 aliphatic carbocycles. The van der Waals surface area contributed by atoms with Crippen molar-refractivity contribution in [2.45, 2.75) is 31.1 Å². The molecule has 1 saturated carbocycles. The van der Waals surface area contributed by atoms with E-state index in [1.165, 1.54) is 29.7 Å². The molecule has 0 bridgehead atoms. The Balaban J connectivity index is 1.52. The second-order valence-corrected chi connectivity index (χ2v) is 7.98. The van der Waals surface area contributed by atoms with E-state index in [-0.39, 0.29) is 11.3 Å². The van der Waals surface area contributed by atoms with Crippen LogP contribution >= 0.6 is 22.7 Å². The Morgan fingerprint density at radius 3 is 2.78 bits per heavy atom. The van der Waals surface area contributed by atoms with Crippen molar-refractivity contribution >= 4 is 38.8 Å². The Kier molecular flexibility index (Phi) is 3.91. The zero-order chi connectivity index (χ0) is 15.7. The first-order valence-electron chi connectivity index (χ1n) is 7.93. The molecule has 5 heteroatoms. The fraction of sp³-hybridized carbons (Fsp3) is 0.333. The molecule has 4 rings (SSSR count). The number of hydrogen-bond donors (Lipinski definition) is 1. The average Bonchev–Trinajstić information content (AvgIpc) is 3.32. The fourth-order valence-corrected chi connectivity index (χ4v) is 5.14. The molecule has 1 amide bonds. The molecule has 118 valence electrons. The van der Waals surface area contributed by atoms with Crippen molar-refractivity contribution in [3.8, 4) is 0 Å². The highest BCUT2D eigenvalue weighted by Crippen LogP contribution is 2.41. The van der Waals surface area contributed by atoms with E-state index < -0.39 is 0 Å². The lowest BCUT2D eigenvalue weighted by atomic mass is 9.80. The van der Waals surface area contributed by atoms with Crippen molar-refractivity contribution in [3.05, 3.63) is 51.7 Å². The summed E-state index contributed by atoms with van der Waals surface area (Å²) in [6.07, 6.45) is 4.80. The molecule has 23 heavy (non-hydrogen) atoms. The monoisotopic (exact) mass is 342 g/mol. The third kappa shape index (κ3) is 2.79. The Labute approximate surface area is 143 Å². The van der Waals surface area contributed by atoms with Gasteiger partial charge in [0.05, 0.1) is 10.2 Å². The van der Waals surface area contributed by atoms with Gasteiger partial charge in [0.1, 0.15) is 0 Å². The van der Waals surface area contributed by atoms with Gasteiger partial charge in [-0.25, -0.2) is 4.98 Å². The van der Waals surface area contributed by atoms with Crippen LogP contribution in [0.5, 0.6) is 0 Å². The number of nitrogens with one attached hydrogen (secondary N) is 1. The summed E-state index contributed by atoms with van der Waals surface area (Å²) in [5.41, 5.74) is 2.40. The zero-order valence-electron chi connectivity index (χ0n) is 12.7. The number of nitrogens with zero attached hydrogens (tertiary/aromatic N) is 1. The van der Waals surface area contributed by atoms with E-state index in [0.717, 1.165) is 23.1 Å².